The van der Waals surface area contributed by atoms with Gasteiger partial charge in [0, 0.05) is 41.5 Å². The van der Waals surface area contributed by atoms with E-state index in [0.717, 1.165) is 54.6 Å². The normalized spacial score (nSPS) is 21.8. The second-order valence-corrected chi connectivity index (χ2v) is 8.75. The van der Waals surface area contributed by atoms with Crippen molar-refractivity contribution in [2.24, 2.45) is 0 Å². The molecule has 1 amide bonds. The first kappa shape index (κ1) is 19.4. The summed E-state index contributed by atoms with van der Waals surface area (Å²) in [5, 5.41) is 8.92. The number of fused-ring (bicyclic) bond motifs is 1. The monoisotopic (exact) mass is 406 g/mol. The predicted octanol–water partition coefficient (Wildman–Crippen LogP) is 4.60. The highest BCUT2D eigenvalue weighted by molar-refractivity contribution is 5.98. The Morgan fingerprint density at radius 2 is 2.10 bits per heavy atom. The van der Waals surface area contributed by atoms with Gasteiger partial charge in [-0.05, 0) is 57.6 Å². The number of amides is 1. The number of nitrogens with one attached hydrogen (secondary N) is 2. The van der Waals surface area contributed by atoms with Crippen LogP contribution in [0.5, 0.6) is 0 Å². The molecule has 2 aromatic heterocycles. The average molecular weight is 407 g/mol. The Hall–Kier alpha value is -2.60. The Kier molecular flexibility index (Phi) is 5.34. The van der Waals surface area contributed by atoms with E-state index in [2.05, 4.69) is 28.4 Å². The van der Waals surface area contributed by atoms with Crippen LogP contribution in [0.15, 0.2) is 40.9 Å². The maximum Gasteiger partial charge on any atom is 0.270 e. The minimum absolute atomic E-state index is 0.101. The molecular formula is C24H30N4O2. The number of rotatable bonds is 7. The van der Waals surface area contributed by atoms with Gasteiger partial charge in [-0.2, -0.15) is 0 Å². The van der Waals surface area contributed by atoms with E-state index in [1.807, 2.05) is 35.2 Å². The highest BCUT2D eigenvalue weighted by Gasteiger charge is 2.30. The second kappa shape index (κ2) is 8.26. The van der Waals surface area contributed by atoms with Crippen LogP contribution in [0.25, 0.3) is 10.9 Å². The zero-order chi connectivity index (χ0) is 20.5. The van der Waals surface area contributed by atoms with Crippen molar-refractivity contribution in [1.82, 2.24) is 20.4 Å². The van der Waals surface area contributed by atoms with Crippen molar-refractivity contribution >= 4 is 16.8 Å². The molecule has 2 fully saturated rings. The number of benzene rings is 1. The molecule has 2 N–H and O–H groups in total. The summed E-state index contributed by atoms with van der Waals surface area (Å²) < 4.78 is 5.50. The fourth-order valence-electron chi connectivity index (χ4n) is 4.77. The molecule has 2 atom stereocenters. The first-order valence-corrected chi connectivity index (χ1v) is 11.3. The van der Waals surface area contributed by atoms with E-state index in [1.54, 1.807) is 0 Å². The molecule has 0 bridgehead atoms. The Labute approximate surface area is 177 Å². The number of hydrogen-bond acceptors (Lipinski definition) is 4. The number of para-hydroxylation sites is 1. The summed E-state index contributed by atoms with van der Waals surface area (Å²) in [4.78, 5) is 18.6. The minimum atomic E-state index is 0.101. The van der Waals surface area contributed by atoms with Gasteiger partial charge in [-0.25, -0.2) is 0 Å². The highest BCUT2D eigenvalue weighted by atomic mass is 16.5. The second-order valence-electron chi connectivity index (χ2n) is 8.75. The van der Waals surface area contributed by atoms with Crippen molar-refractivity contribution in [3.05, 3.63) is 53.5 Å². The topological polar surface area (TPSA) is 74.2 Å². The zero-order valence-corrected chi connectivity index (χ0v) is 17.6. The van der Waals surface area contributed by atoms with Gasteiger partial charge < -0.3 is 19.7 Å². The molecule has 158 valence electrons. The number of carbonyl (C=O) groups excluding carboxylic acids is 1. The molecule has 0 unspecified atom stereocenters. The van der Waals surface area contributed by atoms with Crippen LogP contribution < -0.4 is 5.32 Å². The molecule has 6 heteroatoms. The zero-order valence-electron chi connectivity index (χ0n) is 17.6. The number of aromatic amines is 1. The summed E-state index contributed by atoms with van der Waals surface area (Å²) in [6.45, 7) is 3.50. The lowest BCUT2D eigenvalue weighted by Gasteiger charge is -2.37. The Balaban J connectivity index is 1.22. The molecule has 2 aliphatic rings. The van der Waals surface area contributed by atoms with E-state index in [9.17, 15) is 4.79 Å². The summed E-state index contributed by atoms with van der Waals surface area (Å²) in [5.74, 6) is 1.64. The van der Waals surface area contributed by atoms with Crippen molar-refractivity contribution < 1.29 is 9.32 Å². The van der Waals surface area contributed by atoms with Crippen LogP contribution in [0.2, 0.25) is 0 Å². The molecule has 2 saturated carbocycles. The quantitative estimate of drug-likeness (QED) is 0.601. The fourth-order valence-corrected chi connectivity index (χ4v) is 4.77. The Morgan fingerprint density at radius 1 is 1.23 bits per heavy atom. The summed E-state index contributed by atoms with van der Waals surface area (Å²) in [7, 11) is 0. The van der Waals surface area contributed by atoms with Gasteiger partial charge in [-0.15, -0.1) is 0 Å². The highest BCUT2D eigenvalue weighted by Crippen LogP contribution is 2.39. The Morgan fingerprint density at radius 3 is 2.90 bits per heavy atom. The van der Waals surface area contributed by atoms with Crippen LogP contribution in [-0.4, -0.2) is 39.6 Å². The van der Waals surface area contributed by atoms with Gasteiger partial charge in [0.05, 0.1) is 12.2 Å². The number of carbonyl (C=O) groups is 1. The first-order chi connectivity index (χ1) is 14.7. The van der Waals surface area contributed by atoms with E-state index in [4.69, 9.17) is 4.52 Å². The SMILES string of the molecule is CCN(C(=O)c1cc2ccccc2[nH]1)[C@H]1CCC[C@@H](NCc2cc(C3CC3)no2)C1. The lowest BCUT2D eigenvalue weighted by atomic mass is 9.89. The maximum absolute atomic E-state index is 13.3. The number of hydrogen-bond donors (Lipinski definition) is 2. The van der Waals surface area contributed by atoms with Crippen LogP contribution in [0, 0.1) is 0 Å². The molecule has 0 radical (unpaired) electrons. The van der Waals surface area contributed by atoms with E-state index in [-0.39, 0.29) is 11.9 Å². The smallest absolute Gasteiger partial charge is 0.270 e. The van der Waals surface area contributed by atoms with Crippen molar-refractivity contribution in [2.45, 2.75) is 70.0 Å². The van der Waals surface area contributed by atoms with E-state index in [1.165, 1.54) is 12.8 Å². The van der Waals surface area contributed by atoms with Crippen LogP contribution in [0.4, 0.5) is 0 Å². The van der Waals surface area contributed by atoms with Crippen LogP contribution in [-0.2, 0) is 6.54 Å². The third-order valence-corrected chi connectivity index (χ3v) is 6.59. The van der Waals surface area contributed by atoms with Crippen LogP contribution in [0.3, 0.4) is 0 Å². The van der Waals surface area contributed by atoms with Gasteiger partial charge >= 0.3 is 0 Å². The standard InChI is InChI=1S/C24H30N4O2/c1-2-28(24(29)23-12-17-6-3-4-9-21(17)26-23)19-8-5-7-18(13-19)25-15-20-14-22(27-30-20)16-10-11-16/h3-4,6,9,12,14,16,18-19,25-26H,2,5,7-8,10-11,13,15H2,1H3/t18-,19+/m1/s1. The minimum Gasteiger partial charge on any atom is -0.360 e. The predicted molar refractivity (Wildman–Crippen MR) is 116 cm³/mol. The average Bonchev–Trinajstić information content (AvgIpc) is 3.35. The van der Waals surface area contributed by atoms with E-state index >= 15 is 0 Å². The molecule has 5 rings (SSSR count). The third-order valence-electron chi connectivity index (χ3n) is 6.59. The van der Waals surface area contributed by atoms with Crippen molar-refractivity contribution in [1.29, 1.82) is 0 Å². The molecule has 3 aromatic rings. The fraction of sp³-hybridized carbons (Fsp3) is 0.500. The molecule has 0 saturated heterocycles. The van der Waals surface area contributed by atoms with Gasteiger partial charge in [-0.1, -0.05) is 23.4 Å². The largest absolute Gasteiger partial charge is 0.360 e. The summed E-state index contributed by atoms with van der Waals surface area (Å²) in [6.07, 6.45) is 6.78. The number of H-pyrrole nitrogens is 1. The number of nitrogens with zero attached hydrogens (tertiary/aromatic N) is 2. The summed E-state index contributed by atoms with van der Waals surface area (Å²) in [6, 6.07) is 12.8. The number of aromatic nitrogens is 2. The van der Waals surface area contributed by atoms with Gasteiger partial charge in [0.25, 0.3) is 5.91 Å². The molecular weight excluding hydrogens is 376 g/mol. The van der Waals surface area contributed by atoms with Gasteiger partial charge in [0.1, 0.15) is 5.69 Å². The van der Waals surface area contributed by atoms with Crippen molar-refractivity contribution in [3.63, 3.8) is 0 Å². The first-order valence-electron chi connectivity index (χ1n) is 11.3. The summed E-state index contributed by atoms with van der Waals surface area (Å²) >= 11 is 0. The lowest BCUT2D eigenvalue weighted by molar-refractivity contribution is 0.0622. The van der Waals surface area contributed by atoms with Gasteiger partial charge in [0.2, 0.25) is 0 Å². The third kappa shape index (κ3) is 4.01. The van der Waals surface area contributed by atoms with Gasteiger partial charge in [0.15, 0.2) is 5.76 Å². The molecule has 1 aromatic carbocycles. The molecule has 2 aliphatic carbocycles. The molecule has 0 spiro atoms. The van der Waals surface area contributed by atoms with Crippen LogP contribution in [0.1, 0.15) is 73.3 Å². The van der Waals surface area contributed by atoms with Crippen molar-refractivity contribution in [2.75, 3.05) is 6.54 Å². The van der Waals surface area contributed by atoms with Crippen molar-refractivity contribution in [3.8, 4) is 0 Å². The van der Waals surface area contributed by atoms with E-state index < -0.39 is 0 Å². The lowest BCUT2D eigenvalue weighted by Crippen LogP contribution is -2.46. The molecule has 0 aliphatic heterocycles. The molecule has 30 heavy (non-hydrogen) atoms. The molecule has 6 nitrogen and oxygen atoms in total. The Bertz CT molecular complexity index is 986. The maximum atomic E-state index is 13.3. The van der Waals surface area contributed by atoms with Crippen LogP contribution >= 0.6 is 0 Å². The summed E-state index contributed by atoms with van der Waals surface area (Å²) in [5.41, 5.74) is 2.80. The van der Waals surface area contributed by atoms with E-state index in [0.29, 0.717) is 24.2 Å². The van der Waals surface area contributed by atoms with Gasteiger partial charge in [-0.3, -0.25) is 4.79 Å². The molecule has 2 heterocycles.